The van der Waals surface area contributed by atoms with Gasteiger partial charge in [0.25, 0.3) is 0 Å². The fraction of sp³-hybridized carbons (Fsp3) is 0.143. The van der Waals surface area contributed by atoms with Gasteiger partial charge in [-0.15, -0.1) is 12.4 Å². The van der Waals surface area contributed by atoms with E-state index in [1.807, 2.05) is 24.3 Å². The van der Waals surface area contributed by atoms with Crippen LogP contribution >= 0.6 is 12.4 Å². The third kappa shape index (κ3) is 2.33. The van der Waals surface area contributed by atoms with Crippen molar-refractivity contribution < 1.29 is 10.2 Å². The molecule has 0 saturated carbocycles. The molecule has 0 radical (unpaired) electrons. The van der Waals surface area contributed by atoms with Crippen LogP contribution in [0.3, 0.4) is 0 Å². The number of nitrogens with zero attached hydrogens (tertiary/aromatic N) is 3. The number of imidazole rings is 1. The first-order valence-electron chi connectivity index (χ1n) is 5.93. The van der Waals surface area contributed by atoms with Gasteiger partial charge in [-0.05, 0) is 12.5 Å². The topological polar surface area (TPSA) is 70.7 Å². The van der Waals surface area contributed by atoms with Gasteiger partial charge in [0.05, 0.1) is 18.5 Å². The van der Waals surface area contributed by atoms with Gasteiger partial charge in [-0.25, -0.2) is 4.98 Å². The number of fused-ring (bicyclic) bond motifs is 1. The van der Waals surface area contributed by atoms with Crippen molar-refractivity contribution in [3.05, 3.63) is 47.9 Å². The molecular weight excluding hydrogens is 278 g/mol. The highest BCUT2D eigenvalue weighted by Crippen LogP contribution is 2.22. The van der Waals surface area contributed by atoms with Crippen molar-refractivity contribution >= 4 is 18.1 Å². The van der Waals surface area contributed by atoms with E-state index in [0.717, 1.165) is 16.8 Å². The molecule has 0 atom stereocenters. The lowest BCUT2D eigenvalue weighted by Crippen LogP contribution is -1.91. The van der Waals surface area contributed by atoms with Gasteiger partial charge in [-0.3, -0.25) is 9.38 Å². The molecular formula is C14H14ClN3O2. The van der Waals surface area contributed by atoms with Crippen LogP contribution in [0.1, 0.15) is 11.3 Å². The Kier molecular flexibility index (Phi) is 3.92. The van der Waals surface area contributed by atoms with Crippen molar-refractivity contribution in [2.45, 2.75) is 13.5 Å². The van der Waals surface area contributed by atoms with E-state index in [1.165, 1.54) is 0 Å². The molecule has 0 unspecified atom stereocenters. The average molecular weight is 292 g/mol. The van der Waals surface area contributed by atoms with Gasteiger partial charge in [0, 0.05) is 11.8 Å². The maximum atomic E-state index is 9.89. The maximum Gasteiger partial charge on any atom is 0.219 e. The molecule has 0 saturated heterocycles. The molecule has 2 N–H and O–H groups in total. The summed E-state index contributed by atoms with van der Waals surface area (Å²) in [5.41, 5.74) is 3.71. The standard InChI is InChI=1S/C14H13N3O2.ClH/c1-9-14(19)17-7-12(15-6-13(17)16-9)11-4-2-10(8-18)3-5-11;/h2-7,18-19H,8H2,1H3;1H. The lowest BCUT2D eigenvalue weighted by atomic mass is 10.1. The number of rotatable bonds is 2. The molecule has 0 fully saturated rings. The van der Waals surface area contributed by atoms with E-state index in [4.69, 9.17) is 5.11 Å². The van der Waals surface area contributed by atoms with Gasteiger partial charge < -0.3 is 10.2 Å². The molecule has 0 aliphatic rings. The summed E-state index contributed by atoms with van der Waals surface area (Å²) in [7, 11) is 0. The molecule has 0 aliphatic carbocycles. The number of halogens is 1. The number of benzene rings is 1. The Morgan fingerprint density at radius 3 is 2.55 bits per heavy atom. The second-order valence-corrected chi connectivity index (χ2v) is 4.38. The van der Waals surface area contributed by atoms with Crippen molar-refractivity contribution in [2.75, 3.05) is 0 Å². The molecule has 2 aromatic heterocycles. The Hall–Kier alpha value is -2.11. The molecule has 3 rings (SSSR count). The molecule has 104 valence electrons. The number of aliphatic hydroxyl groups is 1. The van der Waals surface area contributed by atoms with Gasteiger partial charge in [-0.1, -0.05) is 24.3 Å². The highest BCUT2D eigenvalue weighted by Gasteiger charge is 2.09. The number of aliphatic hydroxyl groups excluding tert-OH is 1. The molecule has 0 spiro atoms. The second kappa shape index (κ2) is 5.48. The molecule has 0 aliphatic heterocycles. The van der Waals surface area contributed by atoms with Crippen molar-refractivity contribution in [1.82, 2.24) is 14.4 Å². The summed E-state index contributed by atoms with van der Waals surface area (Å²) in [4.78, 5) is 8.52. The van der Waals surface area contributed by atoms with Gasteiger partial charge >= 0.3 is 0 Å². The van der Waals surface area contributed by atoms with Crippen LogP contribution in [0.5, 0.6) is 5.88 Å². The predicted octanol–water partition coefficient (Wildman–Crippen LogP) is 2.32. The van der Waals surface area contributed by atoms with Gasteiger partial charge in [-0.2, -0.15) is 0 Å². The van der Waals surface area contributed by atoms with Crippen LogP contribution in [0.4, 0.5) is 0 Å². The van der Waals surface area contributed by atoms with E-state index in [9.17, 15) is 5.11 Å². The number of aromatic hydroxyl groups is 1. The lowest BCUT2D eigenvalue weighted by molar-refractivity contribution is 0.282. The van der Waals surface area contributed by atoms with E-state index in [-0.39, 0.29) is 24.9 Å². The van der Waals surface area contributed by atoms with E-state index < -0.39 is 0 Å². The Balaban J connectivity index is 0.00000147. The molecule has 0 bridgehead atoms. The largest absolute Gasteiger partial charge is 0.493 e. The van der Waals surface area contributed by atoms with E-state index in [1.54, 1.807) is 23.7 Å². The summed E-state index contributed by atoms with van der Waals surface area (Å²) in [5.74, 6) is 0.130. The summed E-state index contributed by atoms with van der Waals surface area (Å²) in [6.07, 6.45) is 3.38. The molecule has 2 heterocycles. The molecule has 1 aromatic carbocycles. The quantitative estimate of drug-likeness (QED) is 0.760. The number of hydrogen-bond donors (Lipinski definition) is 2. The predicted molar refractivity (Wildman–Crippen MR) is 78.0 cm³/mol. The normalized spacial score (nSPS) is 10.5. The zero-order chi connectivity index (χ0) is 13.4. The van der Waals surface area contributed by atoms with Crippen LogP contribution in [0, 0.1) is 6.92 Å². The van der Waals surface area contributed by atoms with Crippen LogP contribution in [0.2, 0.25) is 0 Å². The van der Waals surface area contributed by atoms with Crippen LogP contribution < -0.4 is 0 Å². The molecule has 5 nitrogen and oxygen atoms in total. The van der Waals surface area contributed by atoms with E-state index >= 15 is 0 Å². The SMILES string of the molecule is Cc1nc2cnc(-c3ccc(CO)cc3)cn2c1O.Cl. The molecule has 0 amide bonds. The monoisotopic (exact) mass is 291 g/mol. The Labute approximate surface area is 122 Å². The first-order chi connectivity index (χ1) is 9.19. The highest BCUT2D eigenvalue weighted by atomic mass is 35.5. The van der Waals surface area contributed by atoms with Crippen LogP contribution in [0.25, 0.3) is 16.9 Å². The fourth-order valence-electron chi connectivity index (χ4n) is 1.99. The first kappa shape index (κ1) is 14.3. The molecule has 6 heteroatoms. The summed E-state index contributed by atoms with van der Waals surface area (Å²) in [6.45, 7) is 1.77. The Bertz CT molecular complexity index is 738. The third-order valence-corrected chi connectivity index (χ3v) is 3.08. The summed E-state index contributed by atoms with van der Waals surface area (Å²) in [6, 6.07) is 7.47. The second-order valence-electron chi connectivity index (χ2n) is 4.38. The van der Waals surface area contributed by atoms with Crippen molar-refractivity contribution in [1.29, 1.82) is 0 Å². The van der Waals surface area contributed by atoms with Crippen molar-refractivity contribution in [3.8, 4) is 17.1 Å². The minimum absolute atomic E-state index is 0. The minimum atomic E-state index is 0. The fourth-order valence-corrected chi connectivity index (χ4v) is 1.99. The highest BCUT2D eigenvalue weighted by molar-refractivity contribution is 5.85. The maximum absolute atomic E-state index is 9.89. The lowest BCUT2D eigenvalue weighted by Gasteiger charge is -2.03. The number of aryl methyl sites for hydroxylation is 1. The minimum Gasteiger partial charge on any atom is -0.493 e. The van der Waals surface area contributed by atoms with Crippen molar-refractivity contribution in [2.24, 2.45) is 0 Å². The van der Waals surface area contributed by atoms with Crippen LogP contribution in [-0.2, 0) is 6.61 Å². The van der Waals surface area contributed by atoms with Gasteiger partial charge in [0.1, 0.15) is 5.69 Å². The third-order valence-electron chi connectivity index (χ3n) is 3.08. The van der Waals surface area contributed by atoms with Crippen LogP contribution in [0.15, 0.2) is 36.7 Å². The molecule has 20 heavy (non-hydrogen) atoms. The Morgan fingerprint density at radius 2 is 1.90 bits per heavy atom. The van der Waals surface area contributed by atoms with Crippen LogP contribution in [-0.4, -0.2) is 24.6 Å². The summed E-state index contributed by atoms with van der Waals surface area (Å²) < 4.78 is 1.61. The first-order valence-corrected chi connectivity index (χ1v) is 5.93. The van der Waals surface area contributed by atoms with E-state index in [2.05, 4.69) is 9.97 Å². The Morgan fingerprint density at radius 1 is 1.20 bits per heavy atom. The number of hydrogen-bond acceptors (Lipinski definition) is 4. The average Bonchev–Trinajstić information content (AvgIpc) is 2.74. The van der Waals surface area contributed by atoms with E-state index in [0.29, 0.717) is 11.3 Å². The smallest absolute Gasteiger partial charge is 0.219 e. The summed E-state index contributed by atoms with van der Waals surface area (Å²) >= 11 is 0. The zero-order valence-electron chi connectivity index (χ0n) is 10.8. The van der Waals surface area contributed by atoms with Gasteiger partial charge in [0.15, 0.2) is 5.65 Å². The number of aromatic nitrogens is 3. The van der Waals surface area contributed by atoms with Gasteiger partial charge in [0.2, 0.25) is 5.88 Å². The van der Waals surface area contributed by atoms with Crippen molar-refractivity contribution in [3.63, 3.8) is 0 Å². The zero-order valence-corrected chi connectivity index (χ0v) is 11.6. The molecule has 3 aromatic rings. The summed E-state index contributed by atoms with van der Waals surface area (Å²) in [5, 5.41) is 18.9.